The smallest absolute Gasteiger partial charge is 0.326 e. The first-order valence-corrected chi connectivity index (χ1v) is 10.2. The lowest BCUT2D eigenvalue weighted by molar-refractivity contribution is 0.439. The van der Waals surface area contributed by atoms with E-state index in [0.717, 1.165) is 35.8 Å². The van der Waals surface area contributed by atoms with Crippen molar-refractivity contribution in [1.29, 1.82) is 0 Å². The second-order valence-electron chi connectivity index (χ2n) is 7.71. The number of aromatic nitrogens is 5. The van der Waals surface area contributed by atoms with E-state index in [9.17, 15) is 4.39 Å². The average molecular weight is 422 g/mol. The van der Waals surface area contributed by atoms with Gasteiger partial charge in [-0.2, -0.15) is 9.97 Å². The van der Waals surface area contributed by atoms with E-state index in [4.69, 9.17) is 15.5 Å². The predicted molar refractivity (Wildman–Crippen MR) is 117 cm³/mol. The molecule has 0 amide bonds. The molecule has 1 fully saturated rings. The van der Waals surface area contributed by atoms with Gasteiger partial charge in [0.2, 0.25) is 0 Å². The zero-order valence-electron chi connectivity index (χ0n) is 17.3. The van der Waals surface area contributed by atoms with Gasteiger partial charge in [-0.1, -0.05) is 0 Å². The maximum Gasteiger partial charge on any atom is 0.326 e. The summed E-state index contributed by atoms with van der Waals surface area (Å²) in [5.74, 6) is 1.83. The quantitative estimate of drug-likeness (QED) is 0.449. The second kappa shape index (κ2) is 7.62. The zero-order chi connectivity index (χ0) is 21.5. The Morgan fingerprint density at radius 3 is 2.81 bits per heavy atom. The van der Waals surface area contributed by atoms with Gasteiger partial charge in [-0.3, -0.25) is 0 Å². The molecule has 1 aliphatic heterocycles. The van der Waals surface area contributed by atoms with Gasteiger partial charge in [0.05, 0.1) is 29.0 Å². The Labute approximate surface area is 177 Å². The summed E-state index contributed by atoms with van der Waals surface area (Å²) in [6, 6.07) is 3.13. The van der Waals surface area contributed by atoms with Crippen LogP contribution in [-0.2, 0) is 0 Å². The third-order valence-electron chi connectivity index (χ3n) is 5.64. The number of fused-ring (bicyclic) bond motifs is 3. The summed E-state index contributed by atoms with van der Waals surface area (Å²) < 4.78 is 20.2. The highest BCUT2D eigenvalue weighted by molar-refractivity contribution is 6.14. The molecule has 4 heterocycles. The largest absolute Gasteiger partial charge is 0.421 e. The number of benzene rings is 1. The van der Waals surface area contributed by atoms with Crippen molar-refractivity contribution in [3.8, 4) is 11.8 Å². The van der Waals surface area contributed by atoms with Crippen LogP contribution in [0, 0.1) is 18.7 Å². The Bertz CT molecular complexity index is 1260. The van der Waals surface area contributed by atoms with Crippen molar-refractivity contribution in [3.63, 3.8) is 0 Å². The fraction of sp³-hybridized carbons (Fsp3) is 0.333. The summed E-state index contributed by atoms with van der Waals surface area (Å²) in [5, 5.41) is 4.52. The molecule has 0 radical (unpaired) electrons. The number of aryl methyl sites for hydroxylation is 1. The molecular formula is C21H23FN8O. The molecule has 1 aromatic carbocycles. The molecule has 1 saturated heterocycles. The monoisotopic (exact) mass is 422 g/mol. The third kappa shape index (κ3) is 3.48. The van der Waals surface area contributed by atoms with Crippen LogP contribution in [-0.4, -0.2) is 51.6 Å². The highest BCUT2D eigenvalue weighted by atomic mass is 19.1. The molecular weight excluding hydrogens is 399 g/mol. The Balaban J connectivity index is 1.69. The number of aromatic amines is 1. The van der Waals surface area contributed by atoms with E-state index in [1.165, 1.54) is 12.1 Å². The average Bonchev–Trinajstić information content (AvgIpc) is 3.39. The van der Waals surface area contributed by atoms with E-state index in [0.29, 0.717) is 41.2 Å². The first-order chi connectivity index (χ1) is 15.1. The predicted octanol–water partition coefficient (Wildman–Crippen LogP) is 2.97. The molecule has 0 bridgehead atoms. The van der Waals surface area contributed by atoms with Gasteiger partial charge in [-0.15, -0.1) is 0 Å². The molecule has 0 saturated carbocycles. The van der Waals surface area contributed by atoms with Gasteiger partial charge in [0.25, 0.3) is 0 Å². The molecule has 1 aliphatic rings. The summed E-state index contributed by atoms with van der Waals surface area (Å²) in [6.07, 6.45) is 4.13. The standard InChI is InChI=1S/C21H23FN8O/c1-11-25-8-14(9-26-11)31-21-28-19-17(20(29-21)30-4-3-12(7-23)10-30)15-5-13(22)6-16(24-2)18(15)27-19/h5-6,8-9,12,24H,3-4,7,10,23H2,1-2H3,(H,27,28,29)/t12-/m1/s1. The Morgan fingerprint density at radius 2 is 2.10 bits per heavy atom. The maximum atomic E-state index is 14.4. The topological polar surface area (TPSA) is 118 Å². The van der Waals surface area contributed by atoms with E-state index in [1.807, 2.05) is 0 Å². The summed E-state index contributed by atoms with van der Waals surface area (Å²) in [7, 11) is 1.75. The van der Waals surface area contributed by atoms with Gasteiger partial charge in [-0.25, -0.2) is 14.4 Å². The fourth-order valence-electron chi connectivity index (χ4n) is 4.05. The molecule has 4 N–H and O–H groups in total. The Kier molecular flexibility index (Phi) is 4.78. The van der Waals surface area contributed by atoms with E-state index in [-0.39, 0.29) is 11.8 Å². The molecule has 9 nitrogen and oxygen atoms in total. The van der Waals surface area contributed by atoms with Crippen molar-refractivity contribution < 1.29 is 9.13 Å². The minimum absolute atomic E-state index is 0.171. The lowest BCUT2D eigenvalue weighted by Crippen LogP contribution is -2.23. The SMILES string of the molecule is CNc1cc(F)cc2c1[nH]c1nc(Oc3cnc(C)nc3)nc(N3CC[C@H](CN)C3)c12. The number of anilines is 2. The number of ether oxygens (including phenoxy) is 1. The number of nitrogens with zero attached hydrogens (tertiary/aromatic N) is 5. The fourth-order valence-corrected chi connectivity index (χ4v) is 4.05. The van der Waals surface area contributed by atoms with E-state index in [2.05, 4.69) is 30.2 Å². The number of hydrogen-bond acceptors (Lipinski definition) is 8. The van der Waals surface area contributed by atoms with Gasteiger partial charge in [0.1, 0.15) is 23.1 Å². The van der Waals surface area contributed by atoms with Gasteiger partial charge < -0.3 is 25.7 Å². The van der Waals surface area contributed by atoms with Gasteiger partial charge in [0, 0.05) is 25.5 Å². The highest BCUT2D eigenvalue weighted by Crippen LogP contribution is 2.38. The number of nitrogens with one attached hydrogen (secondary N) is 2. The maximum absolute atomic E-state index is 14.4. The van der Waals surface area contributed by atoms with Crippen molar-refractivity contribution in [2.24, 2.45) is 11.7 Å². The zero-order valence-corrected chi connectivity index (χ0v) is 17.3. The number of H-pyrrole nitrogens is 1. The molecule has 0 spiro atoms. The summed E-state index contributed by atoms with van der Waals surface area (Å²) in [6.45, 7) is 3.99. The van der Waals surface area contributed by atoms with Crippen LogP contribution in [0.3, 0.4) is 0 Å². The molecule has 1 atom stereocenters. The minimum atomic E-state index is -0.331. The van der Waals surface area contributed by atoms with Crippen LogP contribution < -0.4 is 20.7 Å². The van der Waals surface area contributed by atoms with Crippen LogP contribution in [0.15, 0.2) is 24.5 Å². The summed E-state index contributed by atoms with van der Waals surface area (Å²) >= 11 is 0. The number of nitrogens with two attached hydrogens (primary N) is 1. The molecule has 0 unspecified atom stereocenters. The highest BCUT2D eigenvalue weighted by Gasteiger charge is 2.27. The van der Waals surface area contributed by atoms with Crippen LogP contribution in [0.1, 0.15) is 12.2 Å². The van der Waals surface area contributed by atoms with Crippen molar-refractivity contribution in [1.82, 2.24) is 24.9 Å². The Morgan fingerprint density at radius 1 is 1.29 bits per heavy atom. The Hall–Kier alpha value is -3.53. The van der Waals surface area contributed by atoms with Gasteiger partial charge in [0.15, 0.2) is 5.75 Å². The van der Waals surface area contributed by atoms with Crippen molar-refractivity contribution in [2.45, 2.75) is 13.3 Å². The summed E-state index contributed by atoms with van der Waals surface area (Å²) in [4.78, 5) is 23.0. The lowest BCUT2D eigenvalue weighted by atomic mass is 10.1. The van der Waals surface area contributed by atoms with Crippen molar-refractivity contribution in [3.05, 3.63) is 36.2 Å². The van der Waals surface area contributed by atoms with Crippen LogP contribution >= 0.6 is 0 Å². The van der Waals surface area contributed by atoms with Crippen LogP contribution in [0.4, 0.5) is 15.9 Å². The van der Waals surface area contributed by atoms with Crippen LogP contribution in [0.25, 0.3) is 21.9 Å². The number of rotatable bonds is 5. The molecule has 4 aromatic rings. The normalized spacial score (nSPS) is 16.4. The number of halogens is 1. The van der Waals surface area contributed by atoms with E-state index < -0.39 is 0 Å². The minimum Gasteiger partial charge on any atom is -0.421 e. The lowest BCUT2D eigenvalue weighted by Gasteiger charge is -2.19. The van der Waals surface area contributed by atoms with E-state index >= 15 is 0 Å². The van der Waals surface area contributed by atoms with E-state index in [1.54, 1.807) is 26.4 Å². The van der Waals surface area contributed by atoms with Gasteiger partial charge in [-0.05, 0) is 37.9 Å². The first kappa shape index (κ1) is 19.4. The van der Waals surface area contributed by atoms with Crippen molar-refractivity contribution >= 4 is 33.4 Å². The van der Waals surface area contributed by atoms with Crippen molar-refractivity contribution in [2.75, 3.05) is 36.9 Å². The van der Waals surface area contributed by atoms with Gasteiger partial charge >= 0.3 is 6.01 Å². The molecule has 3 aromatic heterocycles. The first-order valence-electron chi connectivity index (χ1n) is 10.2. The molecule has 10 heteroatoms. The van der Waals surface area contributed by atoms with Crippen LogP contribution in [0.5, 0.6) is 11.8 Å². The summed E-state index contributed by atoms with van der Waals surface area (Å²) in [5.41, 5.74) is 7.88. The molecule has 5 rings (SSSR count). The second-order valence-corrected chi connectivity index (χ2v) is 7.71. The molecule has 0 aliphatic carbocycles. The number of hydrogen-bond donors (Lipinski definition) is 3. The third-order valence-corrected chi connectivity index (χ3v) is 5.64. The van der Waals surface area contributed by atoms with Crippen LogP contribution in [0.2, 0.25) is 0 Å². The molecule has 160 valence electrons. The molecule has 31 heavy (non-hydrogen) atoms.